The van der Waals surface area contributed by atoms with Crippen molar-refractivity contribution >= 4 is 6.08 Å². The Bertz CT molecular complexity index is 488. The lowest BCUT2D eigenvalue weighted by molar-refractivity contribution is 0.306. The highest BCUT2D eigenvalue weighted by Crippen LogP contribution is 2.14. The second-order valence-corrected chi connectivity index (χ2v) is 3.98. The fourth-order valence-electron chi connectivity index (χ4n) is 1.62. The van der Waals surface area contributed by atoms with Gasteiger partial charge in [-0.25, -0.2) is 0 Å². The molecule has 2 heteroatoms. The van der Waals surface area contributed by atoms with Gasteiger partial charge in [0, 0.05) is 6.54 Å². The van der Waals surface area contributed by atoms with Gasteiger partial charge in [0.2, 0.25) is 0 Å². The van der Waals surface area contributed by atoms with Crippen LogP contribution in [0.25, 0.3) is 6.08 Å². The Labute approximate surface area is 108 Å². The van der Waals surface area contributed by atoms with E-state index >= 15 is 0 Å². The van der Waals surface area contributed by atoms with Crippen molar-refractivity contribution in [3.8, 4) is 5.75 Å². The lowest BCUT2D eigenvalue weighted by Crippen LogP contribution is -1.94. The molecule has 0 saturated heterocycles. The average molecular weight is 239 g/mol. The number of hydrogen-bond donors (Lipinski definition) is 1. The number of nitrogens with two attached hydrogens (primary N) is 1. The molecule has 18 heavy (non-hydrogen) atoms. The van der Waals surface area contributed by atoms with Crippen molar-refractivity contribution < 1.29 is 4.74 Å². The minimum absolute atomic E-state index is 0.562. The highest BCUT2D eigenvalue weighted by molar-refractivity contribution is 5.50. The fourth-order valence-corrected chi connectivity index (χ4v) is 1.62. The molecule has 0 aliphatic heterocycles. The van der Waals surface area contributed by atoms with Gasteiger partial charge >= 0.3 is 0 Å². The summed E-state index contributed by atoms with van der Waals surface area (Å²) in [6.45, 7) is 1.16. The lowest BCUT2D eigenvalue weighted by atomic mass is 10.2. The summed E-state index contributed by atoms with van der Waals surface area (Å²) in [7, 11) is 0. The van der Waals surface area contributed by atoms with Crippen LogP contribution in [0.2, 0.25) is 0 Å². The Morgan fingerprint density at radius 2 is 1.67 bits per heavy atom. The van der Waals surface area contributed by atoms with Crippen LogP contribution in [0.1, 0.15) is 11.1 Å². The van der Waals surface area contributed by atoms with Crippen molar-refractivity contribution in [1.29, 1.82) is 0 Å². The van der Waals surface area contributed by atoms with Crippen LogP contribution in [0.4, 0.5) is 0 Å². The molecule has 0 aliphatic carbocycles. The third-order valence-corrected chi connectivity index (χ3v) is 2.57. The quantitative estimate of drug-likeness (QED) is 0.869. The normalized spacial score (nSPS) is 10.7. The summed E-state index contributed by atoms with van der Waals surface area (Å²) in [6, 6.07) is 18.1. The molecule has 0 fully saturated rings. The monoisotopic (exact) mass is 239 g/mol. The van der Waals surface area contributed by atoms with Gasteiger partial charge < -0.3 is 10.5 Å². The van der Waals surface area contributed by atoms with Crippen LogP contribution < -0.4 is 10.5 Å². The number of hydrogen-bond acceptors (Lipinski definition) is 2. The zero-order chi connectivity index (χ0) is 12.6. The Kier molecular flexibility index (Phi) is 4.56. The van der Waals surface area contributed by atoms with Crippen LogP contribution in [0.3, 0.4) is 0 Å². The van der Waals surface area contributed by atoms with Gasteiger partial charge in [0.05, 0.1) is 0 Å². The summed E-state index contributed by atoms with van der Waals surface area (Å²) >= 11 is 0. The Morgan fingerprint density at radius 3 is 2.33 bits per heavy atom. The summed E-state index contributed by atoms with van der Waals surface area (Å²) < 4.78 is 5.70. The van der Waals surface area contributed by atoms with Crippen LogP contribution in [-0.4, -0.2) is 6.54 Å². The predicted molar refractivity (Wildman–Crippen MR) is 75.3 cm³/mol. The van der Waals surface area contributed by atoms with E-state index in [2.05, 4.69) is 12.1 Å². The standard InChI is InChI=1S/C16H17NO/c17-12-4-7-14-8-10-16(11-9-14)18-13-15-5-2-1-3-6-15/h1-11H,12-13,17H2/b7-4+. The molecule has 92 valence electrons. The summed E-state index contributed by atoms with van der Waals surface area (Å²) in [5.41, 5.74) is 7.71. The maximum absolute atomic E-state index is 5.70. The number of rotatable bonds is 5. The molecule has 0 bridgehead atoms. The minimum atomic E-state index is 0.562. The summed E-state index contributed by atoms with van der Waals surface area (Å²) in [4.78, 5) is 0. The third kappa shape index (κ3) is 3.75. The van der Waals surface area contributed by atoms with Crippen molar-refractivity contribution in [1.82, 2.24) is 0 Å². The molecular formula is C16H17NO. The molecule has 0 heterocycles. The number of benzene rings is 2. The van der Waals surface area contributed by atoms with E-state index in [-0.39, 0.29) is 0 Å². The van der Waals surface area contributed by atoms with Gasteiger partial charge in [-0.05, 0) is 23.3 Å². The lowest BCUT2D eigenvalue weighted by Gasteiger charge is -2.06. The van der Waals surface area contributed by atoms with E-state index in [0.717, 1.165) is 11.3 Å². The highest BCUT2D eigenvalue weighted by atomic mass is 16.5. The molecule has 0 saturated carbocycles. The first kappa shape index (κ1) is 12.4. The molecule has 0 atom stereocenters. The molecule has 0 spiro atoms. The molecule has 0 radical (unpaired) electrons. The van der Waals surface area contributed by atoms with Crippen molar-refractivity contribution in [2.45, 2.75) is 6.61 Å². The van der Waals surface area contributed by atoms with Gasteiger partial charge in [0.15, 0.2) is 0 Å². The maximum Gasteiger partial charge on any atom is 0.119 e. The molecule has 2 rings (SSSR count). The topological polar surface area (TPSA) is 35.2 Å². The van der Waals surface area contributed by atoms with E-state index < -0.39 is 0 Å². The summed E-state index contributed by atoms with van der Waals surface area (Å²) in [5, 5.41) is 0. The second kappa shape index (κ2) is 6.62. The molecule has 0 amide bonds. The molecule has 2 aromatic rings. The smallest absolute Gasteiger partial charge is 0.119 e. The van der Waals surface area contributed by atoms with Gasteiger partial charge in [-0.1, -0.05) is 54.6 Å². The molecular weight excluding hydrogens is 222 g/mol. The van der Waals surface area contributed by atoms with Gasteiger partial charge in [0.25, 0.3) is 0 Å². The van der Waals surface area contributed by atoms with E-state index in [1.54, 1.807) is 0 Å². The van der Waals surface area contributed by atoms with Crippen molar-refractivity contribution in [3.05, 3.63) is 71.8 Å². The van der Waals surface area contributed by atoms with Crippen LogP contribution in [0.5, 0.6) is 5.75 Å². The van der Waals surface area contributed by atoms with E-state index in [0.29, 0.717) is 13.2 Å². The predicted octanol–water partition coefficient (Wildman–Crippen LogP) is 3.24. The van der Waals surface area contributed by atoms with Gasteiger partial charge in [-0.2, -0.15) is 0 Å². The summed E-state index contributed by atoms with van der Waals surface area (Å²) in [5.74, 6) is 0.878. The first-order valence-electron chi connectivity index (χ1n) is 6.02. The zero-order valence-corrected chi connectivity index (χ0v) is 10.3. The van der Waals surface area contributed by atoms with Crippen LogP contribution in [0.15, 0.2) is 60.7 Å². The third-order valence-electron chi connectivity index (χ3n) is 2.57. The van der Waals surface area contributed by atoms with Crippen LogP contribution in [-0.2, 0) is 6.61 Å². The van der Waals surface area contributed by atoms with Gasteiger partial charge in [-0.15, -0.1) is 0 Å². The first-order valence-corrected chi connectivity index (χ1v) is 6.02. The van der Waals surface area contributed by atoms with E-state index in [4.69, 9.17) is 10.5 Å². The molecule has 2 N–H and O–H groups in total. The minimum Gasteiger partial charge on any atom is -0.489 e. The molecule has 0 aliphatic rings. The van der Waals surface area contributed by atoms with Crippen LogP contribution in [0, 0.1) is 0 Å². The van der Waals surface area contributed by atoms with Gasteiger partial charge in [-0.3, -0.25) is 0 Å². The molecule has 0 aromatic heterocycles. The van der Waals surface area contributed by atoms with Crippen molar-refractivity contribution in [3.63, 3.8) is 0 Å². The highest BCUT2D eigenvalue weighted by Gasteiger charge is 1.95. The Morgan fingerprint density at radius 1 is 0.944 bits per heavy atom. The largest absolute Gasteiger partial charge is 0.489 e. The van der Waals surface area contributed by atoms with E-state index in [9.17, 15) is 0 Å². The zero-order valence-electron chi connectivity index (χ0n) is 10.3. The SMILES string of the molecule is NC/C=C/c1ccc(OCc2ccccc2)cc1. The Hall–Kier alpha value is -2.06. The van der Waals surface area contributed by atoms with Crippen LogP contribution >= 0.6 is 0 Å². The second-order valence-electron chi connectivity index (χ2n) is 3.98. The maximum atomic E-state index is 5.70. The number of ether oxygens (including phenoxy) is 1. The molecule has 2 nitrogen and oxygen atoms in total. The molecule has 2 aromatic carbocycles. The molecule has 0 unspecified atom stereocenters. The van der Waals surface area contributed by atoms with E-state index in [1.807, 2.05) is 54.6 Å². The van der Waals surface area contributed by atoms with Crippen molar-refractivity contribution in [2.75, 3.05) is 6.54 Å². The fraction of sp³-hybridized carbons (Fsp3) is 0.125. The summed E-state index contributed by atoms with van der Waals surface area (Å²) in [6.07, 6.45) is 3.93. The van der Waals surface area contributed by atoms with Gasteiger partial charge in [0.1, 0.15) is 12.4 Å². The average Bonchev–Trinajstić information content (AvgIpc) is 2.45. The Balaban J connectivity index is 1.92. The first-order chi connectivity index (χ1) is 8.88. The van der Waals surface area contributed by atoms with Crippen molar-refractivity contribution in [2.24, 2.45) is 5.73 Å². The van der Waals surface area contributed by atoms with E-state index in [1.165, 1.54) is 5.56 Å².